The molecule has 0 amide bonds. The van der Waals surface area contributed by atoms with E-state index in [1.807, 2.05) is 0 Å². The molecule has 2 N–H and O–H groups in total. The predicted molar refractivity (Wildman–Crippen MR) is 77.1 cm³/mol. The topological polar surface area (TPSA) is 74.6 Å². The highest BCUT2D eigenvalue weighted by Crippen LogP contribution is 2.34. The molecular weight excluding hydrogens is 309 g/mol. The zero-order valence-corrected chi connectivity index (χ0v) is 12.0. The molecule has 2 heterocycles. The van der Waals surface area contributed by atoms with E-state index in [0.29, 0.717) is 30.0 Å². The van der Waals surface area contributed by atoms with Crippen LogP contribution in [-0.4, -0.2) is 18.9 Å². The number of nitriles is 1. The van der Waals surface area contributed by atoms with Gasteiger partial charge in [0.2, 0.25) is 0 Å². The number of alkyl halides is 3. The van der Waals surface area contributed by atoms with Crippen LogP contribution in [-0.2, 0) is 10.9 Å². The van der Waals surface area contributed by atoms with Gasteiger partial charge in [-0.3, -0.25) is 0 Å². The lowest BCUT2D eigenvalue weighted by atomic mass is 9.89. The number of nitrogens with two attached hydrogens (primary N) is 1. The largest absolute Gasteiger partial charge is 0.416 e. The summed E-state index contributed by atoms with van der Waals surface area (Å²) in [5.74, 6) is -0.0395. The molecule has 0 saturated carbocycles. The van der Waals surface area contributed by atoms with Crippen LogP contribution in [0.4, 0.5) is 18.9 Å². The van der Waals surface area contributed by atoms with Gasteiger partial charge in [-0.25, -0.2) is 5.01 Å². The summed E-state index contributed by atoms with van der Waals surface area (Å²) in [6.07, 6.45) is -3.79. The number of benzene rings is 1. The van der Waals surface area contributed by atoms with Crippen molar-refractivity contribution in [3.63, 3.8) is 0 Å². The molecule has 1 aromatic carbocycles. The molecule has 1 atom stereocenters. The van der Waals surface area contributed by atoms with Gasteiger partial charge in [-0.2, -0.15) is 23.5 Å². The van der Waals surface area contributed by atoms with E-state index in [4.69, 9.17) is 10.5 Å². The number of hydrogen-bond donors (Lipinski definition) is 1. The van der Waals surface area contributed by atoms with Gasteiger partial charge in [-0.05, 0) is 30.7 Å². The first-order valence-corrected chi connectivity index (χ1v) is 6.94. The number of halogens is 3. The minimum atomic E-state index is -4.41. The van der Waals surface area contributed by atoms with Crippen LogP contribution in [0.2, 0.25) is 0 Å². The second-order valence-electron chi connectivity index (χ2n) is 5.25. The van der Waals surface area contributed by atoms with Crippen LogP contribution in [0, 0.1) is 17.2 Å². The van der Waals surface area contributed by atoms with Gasteiger partial charge in [0.25, 0.3) is 0 Å². The SMILES string of the molecule is N#CC1=C(N)N(c2ccc(C(F)(F)F)cc2)N=C2COCCC21. The maximum Gasteiger partial charge on any atom is 0.416 e. The molecule has 3 rings (SSSR count). The second-order valence-corrected chi connectivity index (χ2v) is 5.25. The Morgan fingerprint density at radius 3 is 2.61 bits per heavy atom. The first-order valence-electron chi connectivity index (χ1n) is 6.94. The molecule has 120 valence electrons. The van der Waals surface area contributed by atoms with Gasteiger partial charge in [0, 0.05) is 12.5 Å². The van der Waals surface area contributed by atoms with E-state index >= 15 is 0 Å². The molecule has 23 heavy (non-hydrogen) atoms. The molecule has 0 spiro atoms. The average Bonchev–Trinajstić information content (AvgIpc) is 2.54. The minimum absolute atomic E-state index is 0.142. The smallest absolute Gasteiger partial charge is 0.383 e. The summed E-state index contributed by atoms with van der Waals surface area (Å²) in [5.41, 5.74) is 6.64. The molecule has 5 nitrogen and oxygen atoms in total. The first kappa shape index (κ1) is 15.4. The van der Waals surface area contributed by atoms with Gasteiger partial charge in [-0.15, -0.1) is 0 Å². The van der Waals surface area contributed by atoms with Gasteiger partial charge in [0.05, 0.1) is 35.2 Å². The molecule has 0 radical (unpaired) electrons. The van der Waals surface area contributed by atoms with E-state index < -0.39 is 11.7 Å². The van der Waals surface area contributed by atoms with E-state index in [1.165, 1.54) is 17.1 Å². The van der Waals surface area contributed by atoms with Crippen molar-refractivity contribution in [2.45, 2.75) is 12.6 Å². The van der Waals surface area contributed by atoms with E-state index in [0.717, 1.165) is 12.1 Å². The molecule has 2 aliphatic rings. The van der Waals surface area contributed by atoms with Crippen molar-refractivity contribution in [3.05, 3.63) is 41.2 Å². The van der Waals surface area contributed by atoms with Crippen LogP contribution in [0.15, 0.2) is 40.8 Å². The van der Waals surface area contributed by atoms with E-state index in [2.05, 4.69) is 11.2 Å². The second kappa shape index (κ2) is 5.59. The molecule has 1 fully saturated rings. The zero-order chi connectivity index (χ0) is 16.6. The monoisotopic (exact) mass is 322 g/mol. The van der Waals surface area contributed by atoms with Crippen molar-refractivity contribution >= 4 is 11.4 Å². The molecule has 0 aliphatic carbocycles. The van der Waals surface area contributed by atoms with Crippen molar-refractivity contribution in [2.24, 2.45) is 16.8 Å². The van der Waals surface area contributed by atoms with Gasteiger partial charge in [-0.1, -0.05) is 0 Å². The summed E-state index contributed by atoms with van der Waals surface area (Å²) in [6, 6.07) is 6.55. The number of ether oxygens (including phenoxy) is 1. The van der Waals surface area contributed by atoms with Crippen LogP contribution < -0.4 is 10.7 Å². The maximum atomic E-state index is 12.6. The summed E-state index contributed by atoms with van der Waals surface area (Å²) >= 11 is 0. The van der Waals surface area contributed by atoms with E-state index in [1.54, 1.807) is 0 Å². The zero-order valence-electron chi connectivity index (χ0n) is 12.0. The van der Waals surface area contributed by atoms with Crippen molar-refractivity contribution in [3.8, 4) is 6.07 Å². The Kier molecular flexibility index (Phi) is 3.74. The molecule has 0 aromatic heterocycles. The van der Waals surface area contributed by atoms with E-state index in [9.17, 15) is 18.4 Å². The van der Waals surface area contributed by atoms with Gasteiger partial charge in [0.15, 0.2) is 0 Å². The summed E-state index contributed by atoms with van der Waals surface area (Å²) in [5, 5.41) is 15.0. The predicted octanol–water partition coefficient (Wildman–Crippen LogP) is 2.61. The van der Waals surface area contributed by atoms with Crippen molar-refractivity contribution < 1.29 is 17.9 Å². The van der Waals surface area contributed by atoms with Crippen LogP contribution in [0.3, 0.4) is 0 Å². The fraction of sp³-hybridized carbons (Fsp3) is 0.333. The van der Waals surface area contributed by atoms with Crippen molar-refractivity contribution in [1.82, 2.24) is 0 Å². The fourth-order valence-corrected chi connectivity index (χ4v) is 2.65. The standard InChI is InChI=1S/C15H13F3N4O/c16-15(17,18)9-1-3-10(4-2-9)22-14(20)12(7-19)11-5-6-23-8-13(11)21-22/h1-4,11H,5-6,8,20H2. The van der Waals surface area contributed by atoms with Crippen LogP contribution in [0.1, 0.15) is 12.0 Å². The number of nitrogens with zero attached hydrogens (tertiary/aromatic N) is 3. The number of anilines is 1. The molecular formula is C15H13F3N4O. The molecule has 1 unspecified atom stereocenters. The Morgan fingerprint density at radius 1 is 1.30 bits per heavy atom. The van der Waals surface area contributed by atoms with Gasteiger partial charge < -0.3 is 10.5 Å². The highest BCUT2D eigenvalue weighted by molar-refractivity contribution is 5.94. The third kappa shape index (κ3) is 2.75. The summed E-state index contributed by atoms with van der Waals surface area (Å²) in [4.78, 5) is 0. The van der Waals surface area contributed by atoms with Gasteiger partial charge >= 0.3 is 6.18 Å². The summed E-state index contributed by atoms with van der Waals surface area (Å²) in [6.45, 7) is 0.794. The van der Waals surface area contributed by atoms with Crippen molar-refractivity contribution in [2.75, 3.05) is 18.2 Å². The molecule has 1 saturated heterocycles. The Bertz CT molecular complexity index is 716. The third-order valence-electron chi connectivity index (χ3n) is 3.84. The van der Waals surface area contributed by atoms with Crippen molar-refractivity contribution in [1.29, 1.82) is 5.26 Å². The number of hydrogen-bond acceptors (Lipinski definition) is 5. The lowest BCUT2D eigenvalue weighted by Gasteiger charge is -2.33. The quantitative estimate of drug-likeness (QED) is 0.862. The number of hydrazone groups is 1. The number of fused-ring (bicyclic) bond motifs is 1. The lowest BCUT2D eigenvalue weighted by molar-refractivity contribution is -0.137. The molecule has 2 aliphatic heterocycles. The Morgan fingerprint density at radius 2 is 2.00 bits per heavy atom. The molecule has 0 bridgehead atoms. The Labute approximate surface area is 130 Å². The van der Waals surface area contributed by atoms with Gasteiger partial charge in [0.1, 0.15) is 5.82 Å². The number of allylic oxidation sites excluding steroid dienone is 1. The summed E-state index contributed by atoms with van der Waals surface area (Å²) < 4.78 is 43.3. The fourth-order valence-electron chi connectivity index (χ4n) is 2.65. The Balaban J connectivity index is 1.98. The normalized spacial score (nSPS) is 21.6. The van der Waals surface area contributed by atoms with E-state index in [-0.39, 0.29) is 18.3 Å². The third-order valence-corrected chi connectivity index (χ3v) is 3.84. The first-order chi connectivity index (χ1) is 10.9. The lowest BCUT2D eigenvalue weighted by Crippen LogP contribution is -2.39. The van der Waals surface area contributed by atoms with Crippen LogP contribution >= 0.6 is 0 Å². The Hall–Kier alpha value is -2.53. The van der Waals surface area contributed by atoms with Crippen LogP contribution in [0.5, 0.6) is 0 Å². The average molecular weight is 322 g/mol. The maximum absolute atomic E-state index is 12.6. The molecule has 1 aromatic rings. The highest BCUT2D eigenvalue weighted by atomic mass is 19.4. The highest BCUT2D eigenvalue weighted by Gasteiger charge is 2.34. The number of rotatable bonds is 1. The summed E-state index contributed by atoms with van der Waals surface area (Å²) in [7, 11) is 0. The molecule has 8 heteroatoms. The minimum Gasteiger partial charge on any atom is -0.383 e. The van der Waals surface area contributed by atoms with Crippen LogP contribution in [0.25, 0.3) is 0 Å².